The SMILES string of the molecule is CCOc1cccc(C=NCCCCCc2[nH]nc(N)c2C#N)c1O. The number of nitriles is 1. The van der Waals surface area contributed by atoms with E-state index in [0.717, 1.165) is 31.4 Å². The predicted molar refractivity (Wildman–Crippen MR) is 97.0 cm³/mol. The number of rotatable bonds is 9. The molecule has 0 aliphatic carbocycles. The van der Waals surface area contributed by atoms with Gasteiger partial charge in [0.05, 0.1) is 12.3 Å². The summed E-state index contributed by atoms with van der Waals surface area (Å²) in [6.07, 6.45) is 5.24. The molecule has 1 aromatic carbocycles. The molecule has 7 nitrogen and oxygen atoms in total. The van der Waals surface area contributed by atoms with Crippen LogP contribution in [0.1, 0.15) is 43.0 Å². The number of nitrogens with zero attached hydrogens (tertiary/aromatic N) is 3. The normalized spacial score (nSPS) is 10.9. The number of phenols is 1. The molecule has 4 N–H and O–H groups in total. The Morgan fingerprint density at radius 1 is 1.40 bits per heavy atom. The van der Waals surface area contributed by atoms with Gasteiger partial charge in [0.2, 0.25) is 0 Å². The quantitative estimate of drug-likeness (QED) is 0.478. The molecule has 25 heavy (non-hydrogen) atoms. The molecule has 2 rings (SSSR count). The second kappa shape index (κ2) is 9.33. The summed E-state index contributed by atoms with van der Waals surface area (Å²) < 4.78 is 5.35. The second-order valence-corrected chi connectivity index (χ2v) is 5.55. The second-order valence-electron chi connectivity index (χ2n) is 5.55. The van der Waals surface area contributed by atoms with Gasteiger partial charge >= 0.3 is 0 Å². The Kier molecular flexibility index (Phi) is 6.84. The summed E-state index contributed by atoms with van der Waals surface area (Å²) in [4.78, 5) is 4.35. The Hall–Kier alpha value is -3.01. The number of aromatic hydroxyl groups is 1. The van der Waals surface area contributed by atoms with Crippen molar-refractivity contribution in [1.82, 2.24) is 10.2 Å². The van der Waals surface area contributed by atoms with E-state index >= 15 is 0 Å². The third-order valence-corrected chi connectivity index (χ3v) is 3.76. The molecule has 0 amide bonds. The third-order valence-electron chi connectivity index (χ3n) is 3.76. The van der Waals surface area contributed by atoms with Gasteiger partial charge in [0.25, 0.3) is 0 Å². The number of aromatic nitrogens is 2. The van der Waals surface area contributed by atoms with Gasteiger partial charge in [-0.1, -0.05) is 12.5 Å². The fourth-order valence-corrected chi connectivity index (χ4v) is 2.46. The molecule has 0 saturated heterocycles. The standard InChI is InChI=1S/C18H23N5O2/c1-2-25-16-9-6-7-13(17(16)24)12-21-10-5-3-4-8-15-14(11-19)18(20)23-22-15/h6-7,9,12,24H,2-5,8,10H2,1H3,(H3,20,22,23). The number of aliphatic imine (C=N–C) groups is 1. The fraction of sp³-hybridized carbons (Fsp3) is 0.389. The zero-order valence-electron chi connectivity index (χ0n) is 14.3. The van der Waals surface area contributed by atoms with Gasteiger partial charge in [-0.15, -0.1) is 0 Å². The topological polar surface area (TPSA) is 120 Å². The third kappa shape index (κ3) is 4.98. The summed E-state index contributed by atoms with van der Waals surface area (Å²) in [6.45, 7) is 3.05. The summed E-state index contributed by atoms with van der Waals surface area (Å²) in [5, 5.41) is 25.7. The molecule has 0 radical (unpaired) electrons. The highest BCUT2D eigenvalue weighted by Gasteiger charge is 2.09. The minimum absolute atomic E-state index is 0.119. The first-order valence-corrected chi connectivity index (χ1v) is 8.34. The van der Waals surface area contributed by atoms with Crippen molar-refractivity contribution in [3.63, 3.8) is 0 Å². The van der Waals surface area contributed by atoms with Crippen molar-refractivity contribution >= 4 is 12.0 Å². The van der Waals surface area contributed by atoms with Crippen LogP contribution in [0.5, 0.6) is 11.5 Å². The molecular formula is C18H23N5O2. The van der Waals surface area contributed by atoms with Crippen molar-refractivity contribution in [1.29, 1.82) is 5.26 Å². The number of phenolic OH excluding ortho intramolecular Hbond substituents is 1. The summed E-state index contributed by atoms with van der Waals surface area (Å²) in [5.41, 5.74) is 7.50. The Bertz CT molecular complexity index is 761. The summed E-state index contributed by atoms with van der Waals surface area (Å²) in [5.74, 6) is 0.851. The number of hydrogen-bond donors (Lipinski definition) is 3. The highest BCUT2D eigenvalue weighted by molar-refractivity contribution is 5.84. The molecule has 0 unspecified atom stereocenters. The molecule has 0 aliphatic heterocycles. The number of aryl methyl sites for hydroxylation is 1. The minimum Gasteiger partial charge on any atom is -0.504 e. The highest BCUT2D eigenvalue weighted by atomic mass is 16.5. The number of aromatic amines is 1. The van der Waals surface area contributed by atoms with Crippen LogP contribution < -0.4 is 10.5 Å². The van der Waals surface area contributed by atoms with Crippen molar-refractivity contribution in [2.75, 3.05) is 18.9 Å². The van der Waals surface area contributed by atoms with E-state index in [-0.39, 0.29) is 11.6 Å². The molecule has 7 heteroatoms. The maximum absolute atomic E-state index is 10.1. The van der Waals surface area contributed by atoms with Crippen molar-refractivity contribution in [2.24, 2.45) is 4.99 Å². The minimum atomic E-state index is 0.119. The first kappa shape index (κ1) is 18.3. The van der Waals surface area contributed by atoms with E-state index in [2.05, 4.69) is 21.3 Å². The molecule has 2 aromatic rings. The van der Waals surface area contributed by atoms with E-state index in [0.29, 0.717) is 30.0 Å². The predicted octanol–water partition coefficient (Wildman–Crippen LogP) is 2.80. The number of nitrogens with two attached hydrogens (primary N) is 1. The van der Waals surface area contributed by atoms with Crippen LogP contribution in [0.2, 0.25) is 0 Å². The van der Waals surface area contributed by atoms with E-state index in [1.54, 1.807) is 18.3 Å². The first-order valence-electron chi connectivity index (χ1n) is 8.34. The molecule has 0 bridgehead atoms. The average molecular weight is 341 g/mol. The molecule has 1 aromatic heterocycles. The molecule has 1 heterocycles. The Morgan fingerprint density at radius 3 is 3.00 bits per heavy atom. The van der Waals surface area contributed by atoms with Crippen molar-refractivity contribution in [3.05, 3.63) is 35.0 Å². The van der Waals surface area contributed by atoms with Gasteiger partial charge in [-0.05, 0) is 38.3 Å². The number of nitrogens with one attached hydrogen (secondary N) is 1. The number of H-pyrrole nitrogens is 1. The fourth-order valence-electron chi connectivity index (χ4n) is 2.46. The van der Waals surface area contributed by atoms with Crippen LogP contribution in [-0.4, -0.2) is 34.7 Å². The van der Waals surface area contributed by atoms with Crippen LogP contribution in [0.4, 0.5) is 5.82 Å². The van der Waals surface area contributed by atoms with Crippen LogP contribution in [0.15, 0.2) is 23.2 Å². The van der Waals surface area contributed by atoms with Crippen LogP contribution in [0.3, 0.4) is 0 Å². The zero-order chi connectivity index (χ0) is 18.1. The van der Waals surface area contributed by atoms with Crippen LogP contribution in [0.25, 0.3) is 0 Å². The van der Waals surface area contributed by atoms with Crippen molar-refractivity contribution in [3.8, 4) is 17.6 Å². The lowest BCUT2D eigenvalue weighted by Crippen LogP contribution is -1.94. The lowest BCUT2D eigenvalue weighted by atomic mass is 10.1. The molecule has 132 valence electrons. The van der Waals surface area contributed by atoms with Crippen LogP contribution in [0, 0.1) is 11.3 Å². The summed E-state index contributed by atoms with van der Waals surface area (Å²) in [7, 11) is 0. The van der Waals surface area contributed by atoms with Crippen LogP contribution in [-0.2, 0) is 6.42 Å². The van der Waals surface area contributed by atoms with Gasteiger partial charge < -0.3 is 15.6 Å². The number of benzene rings is 1. The van der Waals surface area contributed by atoms with Gasteiger partial charge in [-0.25, -0.2) is 0 Å². The molecule has 0 aliphatic rings. The monoisotopic (exact) mass is 341 g/mol. The lowest BCUT2D eigenvalue weighted by molar-refractivity contribution is 0.318. The molecule has 0 saturated carbocycles. The first-order chi connectivity index (χ1) is 12.2. The zero-order valence-corrected chi connectivity index (χ0v) is 14.3. The van der Waals surface area contributed by atoms with Crippen molar-refractivity contribution in [2.45, 2.75) is 32.6 Å². The van der Waals surface area contributed by atoms with E-state index < -0.39 is 0 Å². The Labute approximate surface area is 147 Å². The maximum Gasteiger partial charge on any atom is 0.166 e. The highest BCUT2D eigenvalue weighted by Crippen LogP contribution is 2.28. The number of anilines is 1. The van der Waals surface area contributed by atoms with Crippen LogP contribution >= 0.6 is 0 Å². The molecule has 0 fully saturated rings. The summed E-state index contributed by atoms with van der Waals surface area (Å²) >= 11 is 0. The van der Waals surface area contributed by atoms with Crippen molar-refractivity contribution < 1.29 is 9.84 Å². The largest absolute Gasteiger partial charge is 0.504 e. The van der Waals surface area contributed by atoms with Gasteiger partial charge in [0, 0.05) is 18.3 Å². The van der Waals surface area contributed by atoms with E-state index in [4.69, 9.17) is 15.7 Å². The number of hydrogen-bond acceptors (Lipinski definition) is 6. The van der Waals surface area contributed by atoms with Gasteiger partial charge in [0.1, 0.15) is 11.6 Å². The van der Waals surface area contributed by atoms with E-state index in [1.165, 1.54) is 0 Å². The smallest absolute Gasteiger partial charge is 0.166 e. The number of unbranched alkanes of at least 4 members (excludes halogenated alkanes) is 2. The number of para-hydroxylation sites is 1. The number of nitrogen functional groups attached to an aromatic ring is 1. The molecule has 0 atom stereocenters. The van der Waals surface area contributed by atoms with E-state index in [9.17, 15) is 5.11 Å². The van der Waals surface area contributed by atoms with Gasteiger partial charge in [-0.3, -0.25) is 10.1 Å². The Morgan fingerprint density at radius 2 is 2.24 bits per heavy atom. The molecular weight excluding hydrogens is 318 g/mol. The summed E-state index contributed by atoms with van der Waals surface area (Å²) in [6, 6.07) is 7.42. The lowest BCUT2D eigenvalue weighted by Gasteiger charge is -2.07. The molecule has 0 spiro atoms. The maximum atomic E-state index is 10.1. The van der Waals surface area contributed by atoms with E-state index in [1.807, 2.05) is 13.0 Å². The number of ether oxygens (including phenoxy) is 1. The average Bonchev–Trinajstić information content (AvgIpc) is 2.97. The van der Waals surface area contributed by atoms with Gasteiger partial charge in [-0.2, -0.15) is 10.4 Å². The van der Waals surface area contributed by atoms with Gasteiger partial charge in [0.15, 0.2) is 17.3 Å². The Balaban J connectivity index is 1.73.